The molecule has 1 aliphatic rings. The van der Waals surface area contributed by atoms with E-state index in [4.69, 9.17) is 0 Å². The van der Waals surface area contributed by atoms with Crippen molar-refractivity contribution in [2.75, 3.05) is 6.54 Å². The van der Waals surface area contributed by atoms with Gasteiger partial charge in [0.2, 0.25) is 0 Å². The first-order chi connectivity index (χ1) is 6.36. The van der Waals surface area contributed by atoms with Crippen molar-refractivity contribution in [3.05, 3.63) is 12.2 Å². The van der Waals surface area contributed by atoms with Gasteiger partial charge in [-0.1, -0.05) is 25.5 Å². The molecule has 0 unspecified atom stereocenters. The lowest BCUT2D eigenvalue weighted by Gasteiger charge is -2.28. The van der Waals surface area contributed by atoms with Crippen LogP contribution in [0.25, 0.3) is 0 Å². The first kappa shape index (κ1) is 10.8. The molecule has 13 heavy (non-hydrogen) atoms. The van der Waals surface area contributed by atoms with E-state index < -0.39 is 0 Å². The Balaban J connectivity index is 2.10. The van der Waals surface area contributed by atoms with Gasteiger partial charge in [0.25, 0.3) is 0 Å². The molecule has 0 spiro atoms. The molecule has 0 heterocycles. The van der Waals surface area contributed by atoms with Gasteiger partial charge in [-0.3, -0.25) is 0 Å². The van der Waals surface area contributed by atoms with E-state index in [0.29, 0.717) is 0 Å². The van der Waals surface area contributed by atoms with E-state index in [1.165, 1.54) is 32.1 Å². The summed E-state index contributed by atoms with van der Waals surface area (Å²) in [5.41, 5.74) is 0. The van der Waals surface area contributed by atoms with Crippen molar-refractivity contribution in [3.63, 3.8) is 0 Å². The van der Waals surface area contributed by atoms with Crippen LogP contribution in [0.2, 0.25) is 0 Å². The molecule has 0 aromatic heterocycles. The molecule has 0 bridgehead atoms. The van der Waals surface area contributed by atoms with E-state index in [0.717, 1.165) is 18.5 Å². The van der Waals surface area contributed by atoms with Crippen molar-refractivity contribution in [2.45, 2.75) is 52.0 Å². The Morgan fingerprint density at radius 2 is 1.92 bits per heavy atom. The van der Waals surface area contributed by atoms with Gasteiger partial charge in [-0.25, -0.2) is 0 Å². The van der Waals surface area contributed by atoms with Gasteiger partial charge >= 0.3 is 0 Å². The molecule has 0 saturated heterocycles. The molecule has 1 saturated carbocycles. The molecule has 0 aromatic rings. The van der Waals surface area contributed by atoms with E-state index >= 15 is 0 Å². The Hall–Kier alpha value is -0.300. The molecule has 0 aromatic carbocycles. The quantitative estimate of drug-likeness (QED) is 0.657. The van der Waals surface area contributed by atoms with E-state index in [1.54, 1.807) is 0 Å². The van der Waals surface area contributed by atoms with Crippen molar-refractivity contribution in [3.8, 4) is 0 Å². The first-order valence-electron chi connectivity index (χ1n) is 5.71. The Kier molecular flexibility index (Phi) is 5.14. The van der Waals surface area contributed by atoms with Crippen LogP contribution in [0.3, 0.4) is 0 Å². The van der Waals surface area contributed by atoms with E-state index in [1.807, 2.05) is 0 Å². The second-order valence-corrected chi connectivity index (χ2v) is 4.10. The Morgan fingerprint density at radius 1 is 1.23 bits per heavy atom. The normalized spacial score (nSPS) is 29.7. The highest BCUT2D eigenvalue weighted by atomic mass is 14.9. The van der Waals surface area contributed by atoms with Gasteiger partial charge in [0.05, 0.1) is 0 Å². The summed E-state index contributed by atoms with van der Waals surface area (Å²) in [5.74, 6) is 1.01. The molecule has 0 amide bonds. The van der Waals surface area contributed by atoms with Gasteiger partial charge in [-0.15, -0.1) is 0 Å². The third-order valence-corrected chi connectivity index (χ3v) is 3.18. The molecule has 1 aliphatic carbocycles. The zero-order valence-corrected chi connectivity index (χ0v) is 9.05. The van der Waals surface area contributed by atoms with E-state index in [-0.39, 0.29) is 0 Å². The molecule has 1 N–H and O–H groups in total. The van der Waals surface area contributed by atoms with Gasteiger partial charge in [-0.2, -0.15) is 0 Å². The predicted molar refractivity (Wildman–Crippen MR) is 58.9 cm³/mol. The highest BCUT2D eigenvalue weighted by Crippen LogP contribution is 2.26. The summed E-state index contributed by atoms with van der Waals surface area (Å²) in [6.45, 7) is 5.45. The van der Waals surface area contributed by atoms with Gasteiger partial charge in [-0.05, 0) is 38.5 Å². The summed E-state index contributed by atoms with van der Waals surface area (Å²) >= 11 is 0. The van der Waals surface area contributed by atoms with Crippen molar-refractivity contribution in [2.24, 2.45) is 5.92 Å². The van der Waals surface area contributed by atoms with Crippen LogP contribution < -0.4 is 5.32 Å². The van der Waals surface area contributed by atoms with Crippen LogP contribution in [0, 0.1) is 5.92 Å². The average molecular weight is 181 g/mol. The Bertz CT molecular complexity index is 143. The zero-order chi connectivity index (χ0) is 9.52. The first-order valence-corrected chi connectivity index (χ1v) is 5.71. The standard InChI is InChI=1S/C12H23N/c1-3-5-10-13-12-8-6-11(4-2)7-9-12/h3,5,11-13H,4,6-10H2,1-2H3/b5-3+. The summed E-state index contributed by atoms with van der Waals surface area (Å²) in [7, 11) is 0. The van der Waals surface area contributed by atoms with Crippen LogP contribution in [-0.2, 0) is 0 Å². The number of hydrogen-bond donors (Lipinski definition) is 1. The molecule has 1 nitrogen and oxygen atoms in total. The molecule has 1 rings (SSSR count). The smallest absolute Gasteiger partial charge is 0.0137 e. The summed E-state index contributed by atoms with van der Waals surface area (Å²) in [5, 5.41) is 3.58. The average Bonchev–Trinajstić information content (AvgIpc) is 2.19. The maximum atomic E-state index is 3.58. The van der Waals surface area contributed by atoms with Gasteiger partial charge in [0.15, 0.2) is 0 Å². The van der Waals surface area contributed by atoms with Crippen LogP contribution in [-0.4, -0.2) is 12.6 Å². The van der Waals surface area contributed by atoms with E-state index in [9.17, 15) is 0 Å². The largest absolute Gasteiger partial charge is 0.311 e. The van der Waals surface area contributed by atoms with Gasteiger partial charge in [0.1, 0.15) is 0 Å². The number of allylic oxidation sites excluding steroid dienone is 1. The van der Waals surface area contributed by atoms with Gasteiger partial charge < -0.3 is 5.32 Å². The molecule has 0 atom stereocenters. The minimum Gasteiger partial charge on any atom is -0.311 e. The molecule has 1 fully saturated rings. The SMILES string of the molecule is C/C=C/CNC1CCC(CC)CC1. The van der Waals surface area contributed by atoms with Crippen LogP contribution in [0.15, 0.2) is 12.2 Å². The van der Waals surface area contributed by atoms with Crippen LogP contribution in [0.1, 0.15) is 46.0 Å². The lowest BCUT2D eigenvalue weighted by molar-refractivity contribution is 0.291. The second kappa shape index (κ2) is 6.20. The Morgan fingerprint density at radius 3 is 2.46 bits per heavy atom. The second-order valence-electron chi connectivity index (χ2n) is 4.10. The monoisotopic (exact) mass is 181 g/mol. The van der Waals surface area contributed by atoms with Crippen molar-refractivity contribution < 1.29 is 0 Å². The fourth-order valence-corrected chi connectivity index (χ4v) is 2.13. The van der Waals surface area contributed by atoms with Crippen molar-refractivity contribution in [1.29, 1.82) is 0 Å². The number of hydrogen-bond acceptors (Lipinski definition) is 1. The van der Waals surface area contributed by atoms with E-state index in [2.05, 4.69) is 31.3 Å². The minimum atomic E-state index is 0.791. The van der Waals surface area contributed by atoms with Gasteiger partial charge in [0, 0.05) is 12.6 Å². The lowest BCUT2D eigenvalue weighted by Crippen LogP contribution is -2.33. The fourth-order valence-electron chi connectivity index (χ4n) is 2.13. The summed E-state index contributed by atoms with van der Waals surface area (Å²) in [6, 6.07) is 0.791. The van der Waals surface area contributed by atoms with Crippen LogP contribution in [0.4, 0.5) is 0 Å². The van der Waals surface area contributed by atoms with Crippen LogP contribution in [0.5, 0.6) is 0 Å². The number of nitrogens with one attached hydrogen (secondary N) is 1. The maximum absolute atomic E-state index is 3.58. The summed E-state index contributed by atoms with van der Waals surface area (Å²) < 4.78 is 0. The maximum Gasteiger partial charge on any atom is 0.0137 e. The van der Waals surface area contributed by atoms with Crippen molar-refractivity contribution in [1.82, 2.24) is 5.32 Å². The highest BCUT2D eigenvalue weighted by Gasteiger charge is 2.18. The lowest BCUT2D eigenvalue weighted by atomic mass is 9.84. The predicted octanol–water partition coefficient (Wildman–Crippen LogP) is 3.12. The molecular formula is C12H23N. The topological polar surface area (TPSA) is 12.0 Å². The van der Waals surface area contributed by atoms with Crippen LogP contribution >= 0.6 is 0 Å². The summed E-state index contributed by atoms with van der Waals surface area (Å²) in [6.07, 6.45) is 11.3. The minimum absolute atomic E-state index is 0.791. The zero-order valence-electron chi connectivity index (χ0n) is 9.05. The molecule has 0 aliphatic heterocycles. The molecule has 0 radical (unpaired) electrons. The Labute approximate surface area is 82.6 Å². The highest BCUT2D eigenvalue weighted by molar-refractivity contribution is 4.83. The third-order valence-electron chi connectivity index (χ3n) is 3.18. The number of rotatable bonds is 4. The van der Waals surface area contributed by atoms with Crippen molar-refractivity contribution >= 4 is 0 Å². The fraction of sp³-hybridized carbons (Fsp3) is 0.833. The molecule has 76 valence electrons. The molecule has 1 heteroatoms. The molecular weight excluding hydrogens is 158 g/mol. The summed E-state index contributed by atoms with van der Waals surface area (Å²) in [4.78, 5) is 0. The third kappa shape index (κ3) is 3.95.